The summed E-state index contributed by atoms with van der Waals surface area (Å²) in [4.78, 5) is 68.1. The highest BCUT2D eigenvalue weighted by Gasteiger charge is 2.53. The number of carboxylic acid groups (broad SMARTS) is 1. The van der Waals surface area contributed by atoms with Crippen molar-refractivity contribution in [2.75, 3.05) is 21.3 Å². The lowest BCUT2D eigenvalue weighted by Gasteiger charge is -2.36. The van der Waals surface area contributed by atoms with E-state index >= 15 is 0 Å². The number of aliphatic carboxylic acids is 1. The largest absolute Gasteiger partial charge is 0.481 e. The van der Waals surface area contributed by atoms with Crippen molar-refractivity contribution in [1.82, 2.24) is 19.9 Å². The van der Waals surface area contributed by atoms with Gasteiger partial charge >= 0.3 is 23.9 Å². The van der Waals surface area contributed by atoms with E-state index in [9.17, 15) is 24.3 Å². The first-order valence-corrected chi connectivity index (χ1v) is 17.2. The second-order valence-corrected chi connectivity index (χ2v) is 13.5. The van der Waals surface area contributed by atoms with E-state index in [0.29, 0.717) is 45.8 Å². The Bertz CT molecular complexity index is 2370. The third kappa shape index (κ3) is 6.28. The number of H-pyrrole nitrogens is 2. The fourth-order valence-corrected chi connectivity index (χ4v) is 7.69. The van der Waals surface area contributed by atoms with Crippen molar-refractivity contribution in [3.63, 3.8) is 0 Å². The lowest BCUT2D eigenvalue weighted by Crippen LogP contribution is -2.42. The summed E-state index contributed by atoms with van der Waals surface area (Å²) in [5.74, 6) is -3.68. The predicted octanol–water partition coefficient (Wildman–Crippen LogP) is 6.41. The molecule has 53 heavy (non-hydrogen) atoms. The van der Waals surface area contributed by atoms with Crippen LogP contribution in [0.5, 0.6) is 0 Å². The van der Waals surface area contributed by atoms with Gasteiger partial charge in [0.2, 0.25) is 0 Å². The zero-order valence-corrected chi connectivity index (χ0v) is 30.9. The van der Waals surface area contributed by atoms with Crippen molar-refractivity contribution in [3.05, 3.63) is 99.7 Å². The summed E-state index contributed by atoms with van der Waals surface area (Å²) in [7, 11) is 3.89. The van der Waals surface area contributed by atoms with Gasteiger partial charge in [0, 0.05) is 40.5 Å². The van der Waals surface area contributed by atoms with Gasteiger partial charge in [0.05, 0.1) is 55.1 Å². The van der Waals surface area contributed by atoms with Gasteiger partial charge in [0.15, 0.2) is 0 Å². The maximum absolute atomic E-state index is 13.7. The molecular formula is C41H42N4O8. The third-order valence-corrected chi connectivity index (χ3v) is 10.7. The van der Waals surface area contributed by atoms with Crippen LogP contribution in [0.4, 0.5) is 0 Å². The van der Waals surface area contributed by atoms with E-state index in [1.54, 1.807) is 18.2 Å². The topological polar surface area (TPSA) is 174 Å². The summed E-state index contributed by atoms with van der Waals surface area (Å²) in [5.41, 5.74) is 9.92. The molecule has 3 N–H and O–H groups in total. The Balaban J connectivity index is 1.78. The molecule has 3 aromatic rings. The highest BCUT2D eigenvalue weighted by atomic mass is 16.5. The number of carboxylic acids is 1. The molecule has 0 amide bonds. The average molecular weight is 719 g/mol. The Morgan fingerprint density at radius 1 is 0.811 bits per heavy atom. The number of ether oxygens (including phenoxy) is 3. The number of allylic oxidation sites excluding steroid dienone is 6. The number of fused-ring (bicyclic) bond motifs is 11. The second-order valence-electron chi connectivity index (χ2n) is 13.5. The molecule has 0 fully saturated rings. The summed E-state index contributed by atoms with van der Waals surface area (Å²) < 4.78 is 15.3. The van der Waals surface area contributed by atoms with Gasteiger partial charge in [-0.2, -0.15) is 0 Å². The van der Waals surface area contributed by atoms with Crippen molar-refractivity contribution in [3.8, 4) is 0 Å². The number of nitrogens with one attached hydrogen (secondary N) is 2. The fourth-order valence-electron chi connectivity index (χ4n) is 7.69. The Morgan fingerprint density at radius 2 is 1.45 bits per heavy atom. The Morgan fingerprint density at radius 3 is 2.04 bits per heavy atom. The van der Waals surface area contributed by atoms with E-state index in [0.717, 1.165) is 44.4 Å². The van der Waals surface area contributed by atoms with Crippen LogP contribution in [0, 0.1) is 19.8 Å². The van der Waals surface area contributed by atoms with Crippen LogP contribution in [-0.4, -0.2) is 70.2 Å². The highest BCUT2D eigenvalue weighted by Crippen LogP contribution is 2.52. The molecule has 6 rings (SSSR count). The number of hydrogen-bond acceptors (Lipinski definition) is 9. The number of rotatable bonds is 9. The molecule has 0 saturated heterocycles. The van der Waals surface area contributed by atoms with Crippen molar-refractivity contribution < 1.29 is 38.5 Å². The molecule has 1 aliphatic carbocycles. The molecule has 274 valence electrons. The van der Waals surface area contributed by atoms with E-state index in [2.05, 4.69) is 16.5 Å². The SMILES string of the molecule is C=CC1=C(C)c2cc3nc(cc4[nH]c(cc5[nH]c(cc1n2)c(C)c5CCC(=O)OC)c(CCC(=O)O)c4C)[C@]1(C)C3=CC=C(C(=O)OC)C1C(=O)OC. The van der Waals surface area contributed by atoms with Gasteiger partial charge in [-0.25, -0.2) is 9.78 Å². The van der Waals surface area contributed by atoms with Gasteiger partial charge < -0.3 is 29.3 Å². The van der Waals surface area contributed by atoms with Crippen LogP contribution in [0.1, 0.15) is 71.7 Å². The molecule has 0 radical (unpaired) electrons. The molecular weight excluding hydrogens is 676 g/mol. The minimum absolute atomic E-state index is 0.110. The third-order valence-electron chi connectivity index (χ3n) is 10.7. The first-order chi connectivity index (χ1) is 25.3. The van der Waals surface area contributed by atoms with Crippen molar-refractivity contribution in [2.45, 2.75) is 58.8 Å². The number of aromatic amines is 2. The number of aromatic nitrogens is 4. The van der Waals surface area contributed by atoms with Gasteiger partial charge in [-0.05, 0) is 98.2 Å². The van der Waals surface area contributed by atoms with Gasteiger partial charge in [0.25, 0.3) is 0 Å². The standard InChI is InChI=1S/C41H42N4O8/c1-9-23-20(2)29-17-34-27-13-10-26(39(49)52-7)38(40(50)53-8)41(27,5)35(45-34)19-30-22(4)24(11-14-36(46)47)32(44-30)18-33-25(12-15-37(48)51-6)21(3)28(43-33)16-31(23)42-29/h9-10,13,16-19,38,43-44H,1,11-12,14-15H2,2-8H3,(H,46,47)/t38?,41-/m0/s1. The second kappa shape index (κ2) is 14.2. The Hall–Kier alpha value is -6.04. The van der Waals surface area contributed by atoms with E-state index in [-0.39, 0.29) is 30.8 Å². The summed E-state index contributed by atoms with van der Waals surface area (Å²) in [6, 6.07) is 7.59. The van der Waals surface area contributed by atoms with Crippen LogP contribution in [0.25, 0.3) is 38.8 Å². The van der Waals surface area contributed by atoms with Crippen LogP contribution in [0.3, 0.4) is 0 Å². The lowest BCUT2D eigenvalue weighted by atomic mass is 9.64. The number of esters is 3. The van der Waals surface area contributed by atoms with Gasteiger partial charge in [-0.15, -0.1) is 0 Å². The van der Waals surface area contributed by atoms with Crippen molar-refractivity contribution in [2.24, 2.45) is 5.92 Å². The highest BCUT2D eigenvalue weighted by molar-refractivity contribution is 6.02. The van der Waals surface area contributed by atoms with Crippen LogP contribution >= 0.6 is 0 Å². The summed E-state index contributed by atoms with van der Waals surface area (Å²) >= 11 is 0. The number of carbonyl (C=O) groups excluding carboxylic acids is 3. The zero-order chi connectivity index (χ0) is 38.4. The van der Waals surface area contributed by atoms with Crippen LogP contribution in [-0.2, 0) is 51.6 Å². The number of hydrogen-bond donors (Lipinski definition) is 3. The molecule has 2 aliphatic heterocycles. The molecule has 12 nitrogen and oxygen atoms in total. The van der Waals surface area contributed by atoms with Gasteiger partial charge in [-0.3, -0.25) is 19.4 Å². The normalized spacial score (nSPS) is 17.8. The monoisotopic (exact) mass is 718 g/mol. The molecule has 0 spiro atoms. The van der Waals surface area contributed by atoms with E-state index in [4.69, 9.17) is 24.2 Å². The van der Waals surface area contributed by atoms with E-state index in [1.807, 2.05) is 52.0 Å². The molecule has 0 aromatic carbocycles. The zero-order valence-electron chi connectivity index (χ0n) is 30.9. The van der Waals surface area contributed by atoms with Crippen molar-refractivity contribution in [1.29, 1.82) is 0 Å². The maximum atomic E-state index is 13.7. The molecule has 5 heterocycles. The van der Waals surface area contributed by atoms with E-state index in [1.165, 1.54) is 21.3 Å². The number of methoxy groups -OCH3 is 3. The van der Waals surface area contributed by atoms with Crippen LogP contribution in [0.15, 0.2) is 54.6 Å². The summed E-state index contributed by atoms with van der Waals surface area (Å²) in [5, 5.41) is 9.68. The molecule has 3 aliphatic rings. The van der Waals surface area contributed by atoms with Gasteiger partial charge in [-0.1, -0.05) is 24.8 Å². The quantitative estimate of drug-likeness (QED) is 0.166. The minimum Gasteiger partial charge on any atom is -0.481 e. The number of nitrogens with zero attached hydrogens (tertiary/aromatic N) is 2. The maximum Gasteiger partial charge on any atom is 0.334 e. The Kier molecular flexibility index (Phi) is 9.83. The average Bonchev–Trinajstić information content (AvgIpc) is 3.79. The molecule has 12 heteroatoms. The first-order valence-electron chi connectivity index (χ1n) is 17.2. The van der Waals surface area contributed by atoms with Crippen LogP contribution in [0.2, 0.25) is 0 Å². The first kappa shape index (κ1) is 36.7. The molecule has 0 saturated carbocycles. The molecule has 2 atom stereocenters. The lowest BCUT2D eigenvalue weighted by molar-refractivity contribution is -0.149. The predicted molar refractivity (Wildman–Crippen MR) is 200 cm³/mol. The van der Waals surface area contributed by atoms with E-state index < -0.39 is 29.2 Å². The fraction of sp³-hybridized carbons (Fsp3) is 0.317. The van der Waals surface area contributed by atoms with Crippen molar-refractivity contribution >= 4 is 62.7 Å². The number of aryl methyl sites for hydroxylation is 4. The van der Waals surface area contributed by atoms with Crippen LogP contribution < -0.4 is 0 Å². The molecule has 1 unspecified atom stereocenters. The Labute approximate surface area is 306 Å². The summed E-state index contributed by atoms with van der Waals surface area (Å²) in [6.07, 6.45) is 5.80. The number of carbonyl (C=O) groups is 4. The molecule has 3 aromatic heterocycles. The minimum atomic E-state index is -1.18. The molecule has 8 bridgehead atoms. The smallest absolute Gasteiger partial charge is 0.334 e. The van der Waals surface area contributed by atoms with Gasteiger partial charge in [0.1, 0.15) is 5.92 Å². The summed E-state index contributed by atoms with van der Waals surface area (Å²) in [6.45, 7) is 11.8.